The molecule has 64 valence electrons. The molecule has 1 heterocycles. The van der Waals surface area contributed by atoms with Gasteiger partial charge in [0.15, 0.2) is 0 Å². The molecule has 1 unspecified atom stereocenters. The van der Waals surface area contributed by atoms with Crippen molar-refractivity contribution in [1.29, 1.82) is 0 Å². The van der Waals surface area contributed by atoms with Gasteiger partial charge >= 0.3 is 0 Å². The van der Waals surface area contributed by atoms with Crippen molar-refractivity contribution in [1.82, 2.24) is 4.98 Å². The summed E-state index contributed by atoms with van der Waals surface area (Å²) in [6.07, 6.45) is 1.86. The van der Waals surface area contributed by atoms with E-state index in [1.807, 2.05) is 0 Å². The van der Waals surface area contributed by atoms with Crippen LogP contribution in [0.4, 0.5) is 4.39 Å². The van der Waals surface area contributed by atoms with Crippen molar-refractivity contribution in [3.8, 4) is 0 Å². The Morgan fingerprint density at radius 3 is 3.00 bits per heavy atom. The third kappa shape index (κ3) is 1.65. The van der Waals surface area contributed by atoms with Crippen LogP contribution in [-0.4, -0.2) is 23.0 Å². The largest absolute Gasteiger partial charge is 0.395 e. The van der Waals surface area contributed by atoms with E-state index in [-0.39, 0.29) is 5.69 Å². The fourth-order valence-electron chi connectivity index (χ4n) is 0.865. The molecule has 12 heavy (non-hydrogen) atoms. The van der Waals surface area contributed by atoms with Crippen LogP contribution in [0.1, 0.15) is 11.6 Å². The monoisotopic (exact) mass is 169 g/mol. The van der Waals surface area contributed by atoms with Crippen molar-refractivity contribution >= 4 is 6.29 Å². The Bertz CT molecular complexity index is 278. The van der Waals surface area contributed by atoms with Crippen LogP contribution in [0.2, 0.25) is 0 Å². The molecule has 1 N–H and O–H groups in total. The van der Waals surface area contributed by atoms with Gasteiger partial charge in [-0.1, -0.05) is 0 Å². The molecule has 0 amide bonds. The summed E-state index contributed by atoms with van der Waals surface area (Å²) >= 11 is 0. The quantitative estimate of drug-likeness (QED) is 0.670. The van der Waals surface area contributed by atoms with E-state index >= 15 is 0 Å². The number of carbonyl (C=O) groups is 1. The highest BCUT2D eigenvalue weighted by Gasteiger charge is 2.14. The highest BCUT2D eigenvalue weighted by molar-refractivity contribution is 5.61. The zero-order valence-corrected chi connectivity index (χ0v) is 6.27. The van der Waals surface area contributed by atoms with Crippen molar-refractivity contribution in [2.75, 3.05) is 6.61 Å². The first kappa shape index (κ1) is 8.80. The number of pyridine rings is 1. The van der Waals surface area contributed by atoms with Gasteiger partial charge in [-0.15, -0.1) is 0 Å². The SMILES string of the molecule is O=CC(CO)c1ncccc1F. The van der Waals surface area contributed by atoms with Crippen LogP contribution in [-0.2, 0) is 4.79 Å². The van der Waals surface area contributed by atoms with E-state index in [1.54, 1.807) is 0 Å². The molecular weight excluding hydrogens is 161 g/mol. The van der Waals surface area contributed by atoms with E-state index in [0.29, 0.717) is 6.29 Å². The van der Waals surface area contributed by atoms with Crippen LogP contribution in [0.5, 0.6) is 0 Å². The first-order chi connectivity index (χ1) is 5.79. The lowest BCUT2D eigenvalue weighted by Gasteiger charge is -2.05. The Morgan fingerprint density at radius 1 is 1.75 bits per heavy atom. The summed E-state index contributed by atoms with van der Waals surface area (Å²) in [6, 6.07) is 2.63. The summed E-state index contributed by atoms with van der Waals surface area (Å²) in [5, 5.41) is 8.67. The van der Waals surface area contributed by atoms with Crippen LogP contribution in [0.15, 0.2) is 18.3 Å². The maximum absolute atomic E-state index is 12.9. The average molecular weight is 169 g/mol. The third-order valence-corrected chi connectivity index (χ3v) is 1.50. The molecule has 0 aliphatic rings. The summed E-state index contributed by atoms with van der Waals surface area (Å²) in [6.45, 7) is -0.419. The Kier molecular flexibility index (Phi) is 2.88. The minimum atomic E-state index is -0.855. The van der Waals surface area contributed by atoms with Crippen LogP contribution < -0.4 is 0 Å². The normalized spacial score (nSPS) is 12.5. The van der Waals surface area contributed by atoms with Crippen LogP contribution in [0.3, 0.4) is 0 Å². The Labute approximate surface area is 68.9 Å². The third-order valence-electron chi connectivity index (χ3n) is 1.50. The number of carbonyl (C=O) groups excluding carboxylic acids is 1. The van der Waals surface area contributed by atoms with E-state index in [4.69, 9.17) is 5.11 Å². The second kappa shape index (κ2) is 3.92. The molecule has 0 aliphatic heterocycles. The molecular formula is C8H8FNO2. The van der Waals surface area contributed by atoms with E-state index < -0.39 is 18.3 Å². The van der Waals surface area contributed by atoms with Gasteiger partial charge in [-0.3, -0.25) is 4.98 Å². The van der Waals surface area contributed by atoms with E-state index in [0.717, 1.165) is 0 Å². The molecule has 0 aliphatic carbocycles. The number of halogens is 1. The van der Waals surface area contributed by atoms with Gasteiger partial charge in [-0.2, -0.15) is 0 Å². The lowest BCUT2D eigenvalue weighted by molar-refractivity contribution is -0.109. The Hall–Kier alpha value is -1.29. The highest BCUT2D eigenvalue weighted by Crippen LogP contribution is 2.12. The number of hydrogen-bond donors (Lipinski definition) is 1. The molecule has 0 aromatic carbocycles. The molecule has 0 saturated heterocycles. The first-order valence-corrected chi connectivity index (χ1v) is 3.46. The van der Waals surface area contributed by atoms with Crippen LogP contribution in [0, 0.1) is 5.82 Å². The molecule has 1 rings (SSSR count). The lowest BCUT2D eigenvalue weighted by Crippen LogP contribution is -2.09. The van der Waals surface area contributed by atoms with Crippen molar-refractivity contribution < 1.29 is 14.3 Å². The molecule has 1 aromatic rings. The van der Waals surface area contributed by atoms with Gasteiger partial charge in [0, 0.05) is 6.20 Å². The van der Waals surface area contributed by atoms with Gasteiger partial charge < -0.3 is 9.90 Å². The summed E-state index contributed by atoms with van der Waals surface area (Å²) in [5.74, 6) is -1.42. The Balaban J connectivity index is 3.00. The maximum Gasteiger partial charge on any atom is 0.145 e. The number of rotatable bonds is 3. The predicted molar refractivity (Wildman–Crippen MR) is 40.1 cm³/mol. The van der Waals surface area contributed by atoms with Crippen molar-refractivity contribution in [2.45, 2.75) is 5.92 Å². The van der Waals surface area contributed by atoms with Gasteiger partial charge in [0.1, 0.15) is 12.1 Å². The van der Waals surface area contributed by atoms with Gasteiger partial charge in [0.25, 0.3) is 0 Å². The second-order valence-electron chi connectivity index (χ2n) is 2.30. The smallest absolute Gasteiger partial charge is 0.145 e. The van der Waals surface area contributed by atoms with Gasteiger partial charge in [0.2, 0.25) is 0 Å². The highest BCUT2D eigenvalue weighted by atomic mass is 19.1. The van der Waals surface area contributed by atoms with Gasteiger partial charge in [0.05, 0.1) is 18.2 Å². The number of aliphatic hydroxyl groups is 1. The zero-order chi connectivity index (χ0) is 8.97. The molecule has 0 fully saturated rings. The lowest BCUT2D eigenvalue weighted by atomic mass is 10.1. The summed E-state index contributed by atoms with van der Waals surface area (Å²) < 4.78 is 12.9. The maximum atomic E-state index is 12.9. The molecule has 4 heteroatoms. The zero-order valence-electron chi connectivity index (χ0n) is 6.27. The van der Waals surface area contributed by atoms with Crippen LogP contribution in [0.25, 0.3) is 0 Å². The van der Waals surface area contributed by atoms with Gasteiger partial charge in [-0.05, 0) is 12.1 Å². The first-order valence-electron chi connectivity index (χ1n) is 3.46. The predicted octanol–water partition coefficient (Wildman–Crippen LogP) is 0.496. The molecule has 1 atom stereocenters. The van der Waals surface area contributed by atoms with E-state index in [1.165, 1.54) is 18.3 Å². The van der Waals surface area contributed by atoms with E-state index in [9.17, 15) is 9.18 Å². The standard InChI is InChI=1S/C8H8FNO2/c9-7-2-1-3-10-8(7)6(4-11)5-12/h1-4,6,12H,5H2. The molecule has 1 aromatic heterocycles. The van der Waals surface area contributed by atoms with Crippen molar-refractivity contribution in [2.24, 2.45) is 0 Å². The van der Waals surface area contributed by atoms with Crippen molar-refractivity contribution in [3.63, 3.8) is 0 Å². The number of nitrogens with zero attached hydrogens (tertiary/aromatic N) is 1. The Morgan fingerprint density at radius 2 is 2.50 bits per heavy atom. The minimum Gasteiger partial charge on any atom is -0.395 e. The van der Waals surface area contributed by atoms with Crippen LogP contribution >= 0.6 is 0 Å². The molecule has 0 spiro atoms. The number of hydrogen-bond acceptors (Lipinski definition) is 3. The second-order valence-corrected chi connectivity index (χ2v) is 2.30. The summed E-state index contributed by atoms with van der Waals surface area (Å²) in [4.78, 5) is 14.0. The topological polar surface area (TPSA) is 50.2 Å². The molecule has 0 radical (unpaired) electrons. The summed E-state index contributed by atoms with van der Waals surface area (Å²) in [7, 11) is 0. The average Bonchev–Trinajstić information content (AvgIpc) is 2.10. The number of aliphatic hydroxyl groups excluding tert-OH is 1. The fraction of sp³-hybridized carbons (Fsp3) is 0.250. The van der Waals surface area contributed by atoms with Crippen molar-refractivity contribution in [3.05, 3.63) is 29.8 Å². The molecule has 0 saturated carbocycles. The minimum absolute atomic E-state index is 0.00463. The molecule has 0 bridgehead atoms. The van der Waals surface area contributed by atoms with E-state index in [2.05, 4.69) is 4.98 Å². The number of aldehydes is 1. The van der Waals surface area contributed by atoms with Gasteiger partial charge in [-0.25, -0.2) is 4.39 Å². The summed E-state index contributed by atoms with van der Waals surface area (Å²) in [5.41, 5.74) is -0.00463. The number of aromatic nitrogens is 1. The fourth-order valence-corrected chi connectivity index (χ4v) is 0.865. The molecule has 3 nitrogen and oxygen atoms in total.